The van der Waals surface area contributed by atoms with Crippen molar-refractivity contribution in [3.05, 3.63) is 25.3 Å². The van der Waals surface area contributed by atoms with E-state index in [1.807, 2.05) is 0 Å². The molecule has 46 heavy (non-hydrogen) atoms. The van der Waals surface area contributed by atoms with Crippen molar-refractivity contribution in [2.75, 3.05) is 0 Å². The van der Waals surface area contributed by atoms with Crippen LogP contribution in [-0.4, -0.2) is 79.5 Å². The van der Waals surface area contributed by atoms with Gasteiger partial charge in [-0.05, 0) is 41.5 Å². The zero-order chi connectivity index (χ0) is 37.2. The number of carbonyl (C=O) groups excluding carboxylic acids is 4. The predicted octanol–water partition coefficient (Wildman–Crippen LogP) is 4.99. The van der Waals surface area contributed by atoms with Gasteiger partial charge in [-0.1, -0.05) is 67.5 Å². The molecule has 0 aromatic carbocycles. The van der Waals surface area contributed by atoms with Crippen molar-refractivity contribution in [3.63, 3.8) is 0 Å². The molecule has 10 heteroatoms. The van der Waals surface area contributed by atoms with Gasteiger partial charge in [-0.2, -0.15) is 0 Å². The zero-order valence-electron chi connectivity index (χ0n) is 30.8. The third-order valence-corrected chi connectivity index (χ3v) is 8.17. The minimum atomic E-state index is -1.18. The molecule has 0 bridgehead atoms. The molecule has 0 aliphatic heterocycles. The molecule has 0 saturated carbocycles. The summed E-state index contributed by atoms with van der Waals surface area (Å²) < 4.78 is 10.3. The first kappa shape index (κ1) is 45.7. The number of hydrogen-bond acceptors (Lipinski definition) is 10. The molecule has 0 rings (SSSR count). The average Bonchev–Trinajstić information content (AvgIpc) is 2.91. The third kappa shape index (κ3) is 15.0. The molecule has 0 radical (unpaired) electrons. The van der Waals surface area contributed by atoms with Gasteiger partial charge in [-0.3, -0.25) is 19.2 Å². The lowest BCUT2D eigenvalue weighted by Crippen LogP contribution is -2.45. The molecular weight excluding hydrogens is 592 g/mol. The van der Waals surface area contributed by atoms with E-state index >= 15 is 0 Å². The number of esters is 2. The quantitative estimate of drug-likeness (QED) is 0.131. The first-order valence-electron chi connectivity index (χ1n) is 16.0. The van der Waals surface area contributed by atoms with Gasteiger partial charge >= 0.3 is 11.9 Å². The molecule has 268 valence electrons. The molecule has 4 N–H and O–H groups in total. The lowest BCUT2D eigenvalue weighted by Gasteiger charge is -2.34. The van der Waals surface area contributed by atoms with Crippen molar-refractivity contribution in [1.82, 2.24) is 0 Å². The normalized spacial score (nSPS) is 17.8. The van der Waals surface area contributed by atoms with Crippen LogP contribution >= 0.6 is 0 Å². The first-order valence-corrected chi connectivity index (χ1v) is 16.0. The van der Waals surface area contributed by atoms with E-state index < -0.39 is 70.2 Å². The molecule has 0 spiro atoms. The second kappa shape index (κ2) is 18.2. The number of Topliss-reactive ketones (excluding diaryl/α,β-unsaturated/α-hetero) is 2. The van der Waals surface area contributed by atoms with Crippen LogP contribution in [0.2, 0.25) is 0 Å². The summed E-state index contributed by atoms with van der Waals surface area (Å²) in [7, 11) is 0. The number of carbonyl (C=O) groups is 4. The molecule has 0 aromatic rings. The molecule has 0 aliphatic carbocycles. The van der Waals surface area contributed by atoms with Crippen LogP contribution in [0.4, 0.5) is 0 Å². The fraction of sp³-hybridized carbons (Fsp3) is 0.778. The molecule has 0 heterocycles. The fourth-order valence-corrected chi connectivity index (χ4v) is 4.59. The van der Waals surface area contributed by atoms with Gasteiger partial charge < -0.3 is 29.9 Å². The zero-order valence-corrected chi connectivity index (χ0v) is 30.8. The van der Waals surface area contributed by atoms with Crippen molar-refractivity contribution in [3.8, 4) is 0 Å². The van der Waals surface area contributed by atoms with Crippen molar-refractivity contribution in [1.29, 1.82) is 0 Å². The van der Waals surface area contributed by atoms with E-state index in [0.29, 0.717) is 0 Å². The van der Waals surface area contributed by atoms with Crippen molar-refractivity contribution in [2.45, 2.75) is 145 Å². The van der Waals surface area contributed by atoms with Gasteiger partial charge in [0.15, 0.2) is 0 Å². The maximum atomic E-state index is 12.6. The van der Waals surface area contributed by atoms with Crippen LogP contribution in [0, 0.1) is 34.5 Å². The molecule has 0 amide bonds. The summed E-state index contributed by atoms with van der Waals surface area (Å²) in [5, 5.41) is 41.0. The second-order valence-electron chi connectivity index (χ2n) is 15.5. The lowest BCUT2D eigenvalue weighted by atomic mass is 9.73. The Kier molecular flexibility index (Phi) is 18.1. The Hall–Kier alpha value is -2.40. The van der Waals surface area contributed by atoms with Crippen LogP contribution in [0.15, 0.2) is 25.3 Å². The van der Waals surface area contributed by atoms with E-state index in [4.69, 9.17) is 9.47 Å². The van der Waals surface area contributed by atoms with E-state index in [9.17, 15) is 39.6 Å². The van der Waals surface area contributed by atoms with Gasteiger partial charge in [0.2, 0.25) is 0 Å². The number of ether oxygens (including phenoxy) is 2. The minimum absolute atomic E-state index is 0.243. The number of aliphatic hydroxyl groups excluding tert-OH is 4. The monoisotopic (exact) mass is 656 g/mol. The van der Waals surface area contributed by atoms with E-state index in [1.165, 1.54) is 0 Å². The van der Waals surface area contributed by atoms with Crippen LogP contribution in [-0.2, 0) is 28.7 Å². The van der Waals surface area contributed by atoms with Crippen molar-refractivity contribution >= 4 is 23.5 Å². The lowest BCUT2D eigenvalue weighted by molar-refractivity contribution is -0.162. The van der Waals surface area contributed by atoms with Gasteiger partial charge in [0.05, 0.1) is 48.1 Å². The maximum absolute atomic E-state index is 12.6. The Morgan fingerprint density at radius 2 is 0.804 bits per heavy atom. The van der Waals surface area contributed by atoms with E-state index in [0.717, 1.165) is 0 Å². The standard InChI is InChI=1S/2C18H32O5/c2*1-9-11(2)15(21)12(3)16(22)18(7,8)13(19)10-14(20)23-17(4,5)6/h2*9,11-13,15,19,21H,1,10H2,2-8H3/t2*11-,12-,13-,15-/m10/s1. The summed E-state index contributed by atoms with van der Waals surface area (Å²) in [6.45, 7) is 30.7. The number of aliphatic hydroxyl groups is 4. The molecule has 0 aromatic heterocycles. The number of hydrogen-bond donors (Lipinski definition) is 4. The Labute approximate surface area is 277 Å². The Balaban J connectivity index is 0. The highest BCUT2D eigenvalue weighted by atomic mass is 16.6. The highest BCUT2D eigenvalue weighted by molar-refractivity contribution is 5.88. The minimum Gasteiger partial charge on any atom is -0.460 e. The summed E-state index contributed by atoms with van der Waals surface area (Å²) in [5.74, 6) is -3.54. The smallest absolute Gasteiger partial charge is 0.308 e. The maximum Gasteiger partial charge on any atom is 0.308 e. The molecule has 0 aliphatic rings. The first-order chi connectivity index (χ1) is 20.5. The third-order valence-electron chi connectivity index (χ3n) is 8.17. The number of rotatable bonds is 16. The summed E-state index contributed by atoms with van der Waals surface area (Å²) in [6, 6.07) is 0. The Bertz CT molecular complexity index is 948. The van der Waals surface area contributed by atoms with Crippen LogP contribution in [0.5, 0.6) is 0 Å². The Morgan fingerprint density at radius 1 is 0.565 bits per heavy atom. The van der Waals surface area contributed by atoms with E-state index in [-0.39, 0.29) is 36.2 Å². The van der Waals surface area contributed by atoms with E-state index in [2.05, 4.69) is 13.2 Å². The second-order valence-corrected chi connectivity index (χ2v) is 15.5. The van der Waals surface area contributed by atoms with Gasteiger partial charge in [0.25, 0.3) is 0 Å². The van der Waals surface area contributed by atoms with Crippen LogP contribution in [0.25, 0.3) is 0 Å². The molecule has 0 saturated heterocycles. The largest absolute Gasteiger partial charge is 0.460 e. The van der Waals surface area contributed by atoms with Gasteiger partial charge in [0.1, 0.15) is 22.8 Å². The summed E-state index contributed by atoms with van der Waals surface area (Å²) in [5.41, 5.74) is -3.63. The molecular formula is C36H64O10. The predicted molar refractivity (Wildman–Crippen MR) is 180 cm³/mol. The van der Waals surface area contributed by atoms with Crippen LogP contribution in [0.1, 0.15) is 110 Å². The van der Waals surface area contributed by atoms with Gasteiger partial charge in [-0.25, -0.2) is 0 Å². The van der Waals surface area contributed by atoms with E-state index in [1.54, 1.807) is 109 Å². The average molecular weight is 657 g/mol. The fourth-order valence-electron chi connectivity index (χ4n) is 4.59. The van der Waals surface area contributed by atoms with Crippen molar-refractivity contribution < 1.29 is 49.1 Å². The highest BCUT2D eigenvalue weighted by Crippen LogP contribution is 2.32. The van der Waals surface area contributed by atoms with Crippen molar-refractivity contribution in [2.24, 2.45) is 34.5 Å². The Morgan fingerprint density at radius 3 is 1.00 bits per heavy atom. The van der Waals surface area contributed by atoms with Gasteiger partial charge in [0, 0.05) is 23.7 Å². The summed E-state index contributed by atoms with van der Waals surface area (Å²) >= 11 is 0. The van der Waals surface area contributed by atoms with Crippen LogP contribution < -0.4 is 0 Å². The summed E-state index contributed by atoms with van der Waals surface area (Å²) in [4.78, 5) is 48.9. The molecule has 0 fully saturated rings. The van der Waals surface area contributed by atoms with Crippen LogP contribution in [0.3, 0.4) is 0 Å². The molecule has 8 atom stereocenters. The SMILES string of the molecule is C=C[C@@H](C)[C@@H](O)[C@@H](C)C(=O)C(C)(C)[C@H](O)CC(=O)OC(C)(C)C.C=C[C@H](C)[C@H](O)[C@H](C)C(=O)C(C)(C)[C@@H](O)CC(=O)OC(C)(C)C. The molecule has 0 unspecified atom stereocenters. The highest BCUT2D eigenvalue weighted by Gasteiger charge is 2.43. The molecule has 10 nitrogen and oxygen atoms in total. The number of ketones is 2. The van der Waals surface area contributed by atoms with Gasteiger partial charge in [-0.15, -0.1) is 13.2 Å². The summed E-state index contributed by atoms with van der Waals surface area (Å²) in [6.07, 6.45) is -1.50. The topological polar surface area (TPSA) is 168 Å².